The third-order valence-electron chi connectivity index (χ3n) is 7.32. The number of benzene rings is 3. The van der Waals surface area contributed by atoms with Crippen LogP contribution in [-0.4, -0.2) is 43.8 Å². The van der Waals surface area contributed by atoms with E-state index in [-0.39, 0.29) is 0 Å². The smallest absolute Gasteiger partial charge is 0.412 e. The molecule has 0 saturated carbocycles. The van der Waals surface area contributed by atoms with Crippen molar-refractivity contribution in [3.8, 4) is 11.5 Å². The van der Waals surface area contributed by atoms with Gasteiger partial charge in [0.05, 0.1) is 0 Å². The van der Waals surface area contributed by atoms with Crippen LogP contribution in [0, 0.1) is 0 Å². The van der Waals surface area contributed by atoms with Crippen molar-refractivity contribution in [2.24, 2.45) is 0 Å². The maximum absolute atomic E-state index is 12.2. The normalized spacial score (nSPS) is 14.1. The summed E-state index contributed by atoms with van der Waals surface area (Å²) in [6, 6.07) is 23.9. The van der Waals surface area contributed by atoms with Gasteiger partial charge in [0, 0.05) is 18.1 Å². The third-order valence-corrected chi connectivity index (χ3v) is 7.58. The number of unbranched alkanes of at least 4 members (excludes halogenated alkanes) is 3. The molecule has 0 aromatic heterocycles. The van der Waals surface area contributed by atoms with Crippen LogP contribution >= 0.6 is 11.6 Å². The maximum atomic E-state index is 12.2. The fourth-order valence-corrected chi connectivity index (χ4v) is 5.16. The van der Waals surface area contributed by atoms with Crippen LogP contribution in [0.25, 0.3) is 11.1 Å². The molecule has 1 amide bonds. The van der Waals surface area contributed by atoms with Crippen LogP contribution in [0.4, 0.5) is 4.79 Å². The van der Waals surface area contributed by atoms with Gasteiger partial charge in [-0.3, -0.25) is 4.90 Å². The topological polar surface area (TPSA) is 50.8 Å². The van der Waals surface area contributed by atoms with E-state index in [0.717, 1.165) is 53.0 Å². The second-order valence-corrected chi connectivity index (χ2v) is 10.8. The number of carbonyl (C=O) groups excluding carboxylic acids is 1. The number of amides is 1. The third kappa shape index (κ3) is 8.87. The number of halogens is 1. The number of nitrogens with zero attached hydrogens (tertiary/aromatic N) is 1. The van der Waals surface area contributed by atoms with Crippen molar-refractivity contribution in [3.63, 3.8) is 0 Å². The lowest BCUT2D eigenvalue weighted by Crippen LogP contribution is -2.27. The Labute approximate surface area is 244 Å². The minimum Gasteiger partial charge on any atom is -0.492 e. The largest absolute Gasteiger partial charge is 0.492 e. The Morgan fingerprint density at radius 3 is 2.05 bits per heavy atom. The summed E-state index contributed by atoms with van der Waals surface area (Å²) in [7, 11) is 0. The first-order valence-corrected chi connectivity index (χ1v) is 14.9. The van der Waals surface area contributed by atoms with Crippen LogP contribution in [0.5, 0.6) is 11.5 Å². The Bertz CT molecular complexity index is 1230. The van der Waals surface area contributed by atoms with Gasteiger partial charge in [-0.05, 0) is 104 Å². The van der Waals surface area contributed by atoms with Crippen molar-refractivity contribution < 1.29 is 14.3 Å². The van der Waals surface area contributed by atoms with E-state index in [4.69, 9.17) is 21.1 Å². The summed E-state index contributed by atoms with van der Waals surface area (Å²) >= 11 is 6.16. The number of hydrogen-bond acceptors (Lipinski definition) is 4. The molecule has 1 saturated heterocycles. The van der Waals surface area contributed by atoms with E-state index in [1.807, 2.05) is 60.7 Å². The molecule has 1 N–H and O–H groups in total. The zero-order chi connectivity index (χ0) is 28.2. The average molecular weight is 561 g/mol. The zero-order valence-corrected chi connectivity index (χ0v) is 24.5. The van der Waals surface area contributed by atoms with Gasteiger partial charge in [-0.15, -0.1) is 0 Å². The number of rotatable bonds is 13. The van der Waals surface area contributed by atoms with Gasteiger partial charge in [-0.25, -0.2) is 4.79 Å². The molecule has 3 aromatic carbocycles. The van der Waals surface area contributed by atoms with Crippen molar-refractivity contribution >= 4 is 28.8 Å². The molecule has 212 valence electrons. The molecule has 3 aromatic rings. The molecule has 5 nitrogen and oxygen atoms in total. The summed E-state index contributed by atoms with van der Waals surface area (Å²) in [5.41, 5.74) is 5.42. The van der Waals surface area contributed by atoms with Crippen molar-refractivity contribution in [3.05, 3.63) is 94.5 Å². The highest BCUT2D eigenvalue weighted by molar-refractivity contribution is 6.30. The summed E-state index contributed by atoms with van der Waals surface area (Å²) in [6.45, 7) is 8.93. The number of carbonyl (C=O) groups is 1. The Morgan fingerprint density at radius 2 is 1.43 bits per heavy atom. The van der Waals surface area contributed by atoms with Gasteiger partial charge in [0.25, 0.3) is 0 Å². The maximum Gasteiger partial charge on any atom is 0.412 e. The molecule has 0 atom stereocenters. The van der Waals surface area contributed by atoms with E-state index in [0.29, 0.717) is 23.9 Å². The Hall–Kier alpha value is -3.28. The number of allylic oxidation sites excluding steroid dienone is 1. The number of likely N-dealkylation sites (tertiary alicyclic amines) is 1. The van der Waals surface area contributed by atoms with Gasteiger partial charge in [0.2, 0.25) is 0 Å². The second kappa shape index (κ2) is 15.5. The molecule has 1 heterocycles. The van der Waals surface area contributed by atoms with E-state index < -0.39 is 6.09 Å². The van der Waals surface area contributed by atoms with Gasteiger partial charge in [-0.2, -0.15) is 0 Å². The molecule has 0 bridgehead atoms. The number of hydrogen-bond donors (Lipinski definition) is 1. The quantitative estimate of drug-likeness (QED) is 0.168. The highest BCUT2D eigenvalue weighted by Gasteiger charge is 2.14. The standard InChI is InChI=1S/C34H41ClN2O3/c1-3-4-5-6-21-36-34(38)40-32-19-13-29(14-20-32)33(26(2)27-9-15-30(35)16-10-27)28-11-17-31(18-12-28)39-25-24-37-22-7-8-23-37/h9-20H,3-8,21-25H2,1-2H3,(H,36,38)/b33-26-. The lowest BCUT2D eigenvalue weighted by atomic mass is 9.90. The van der Waals surface area contributed by atoms with Crippen LogP contribution in [0.1, 0.15) is 69.1 Å². The molecule has 0 aliphatic carbocycles. The molecule has 4 rings (SSSR count). The summed E-state index contributed by atoms with van der Waals surface area (Å²) in [5.74, 6) is 1.39. The van der Waals surface area contributed by atoms with E-state index in [1.165, 1.54) is 38.8 Å². The van der Waals surface area contributed by atoms with E-state index >= 15 is 0 Å². The molecule has 1 aliphatic rings. The molecule has 0 spiro atoms. The summed E-state index contributed by atoms with van der Waals surface area (Å²) in [6.07, 6.45) is 6.57. The van der Waals surface area contributed by atoms with E-state index in [2.05, 4.69) is 36.2 Å². The molecule has 0 unspecified atom stereocenters. The first-order valence-electron chi connectivity index (χ1n) is 14.5. The minimum absolute atomic E-state index is 0.419. The predicted octanol–water partition coefficient (Wildman–Crippen LogP) is 8.46. The molecular formula is C34H41ClN2O3. The van der Waals surface area contributed by atoms with Crippen LogP contribution in [0.3, 0.4) is 0 Å². The van der Waals surface area contributed by atoms with Gasteiger partial charge in [-0.1, -0.05) is 74.2 Å². The lowest BCUT2D eigenvalue weighted by molar-refractivity contribution is 0.200. The van der Waals surface area contributed by atoms with E-state index in [9.17, 15) is 4.79 Å². The second-order valence-electron chi connectivity index (χ2n) is 10.3. The molecule has 1 fully saturated rings. The molecule has 40 heavy (non-hydrogen) atoms. The number of ether oxygens (including phenoxy) is 2. The molecular weight excluding hydrogens is 520 g/mol. The number of nitrogens with one attached hydrogen (secondary N) is 1. The fraction of sp³-hybridized carbons (Fsp3) is 0.382. The van der Waals surface area contributed by atoms with Crippen molar-refractivity contribution in [2.45, 2.75) is 52.4 Å². The van der Waals surface area contributed by atoms with Gasteiger partial charge >= 0.3 is 6.09 Å². The fourth-order valence-electron chi connectivity index (χ4n) is 5.04. The lowest BCUT2D eigenvalue weighted by Gasteiger charge is -2.17. The first kappa shape index (κ1) is 29.7. The van der Waals surface area contributed by atoms with Gasteiger partial charge in [0.1, 0.15) is 18.1 Å². The van der Waals surface area contributed by atoms with Crippen molar-refractivity contribution in [1.82, 2.24) is 10.2 Å². The van der Waals surface area contributed by atoms with E-state index in [1.54, 1.807) is 0 Å². The predicted molar refractivity (Wildman–Crippen MR) is 165 cm³/mol. The summed E-state index contributed by atoms with van der Waals surface area (Å²) < 4.78 is 11.5. The average Bonchev–Trinajstić information content (AvgIpc) is 3.49. The Morgan fingerprint density at radius 1 is 0.825 bits per heavy atom. The molecule has 6 heteroatoms. The molecule has 1 aliphatic heterocycles. The highest BCUT2D eigenvalue weighted by atomic mass is 35.5. The zero-order valence-electron chi connectivity index (χ0n) is 23.8. The monoisotopic (exact) mass is 560 g/mol. The van der Waals surface area contributed by atoms with Crippen LogP contribution in [-0.2, 0) is 0 Å². The Balaban J connectivity index is 1.48. The minimum atomic E-state index is -0.419. The molecule has 0 radical (unpaired) electrons. The summed E-state index contributed by atoms with van der Waals surface area (Å²) in [5, 5.41) is 3.54. The SMILES string of the molecule is CCCCCCNC(=O)Oc1ccc(/C(=C(/C)c2ccc(Cl)cc2)c2ccc(OCCN3CCCC3)cc2)cc1. The van der Waals surface area contributed by atoms with Gasteiger partial charge in [0.15, 0.2) is 0 Å². The van der Waals surface area contributed by atoms with Crippen molar-refractivity contribution in [1.29, 1.82) is 0 Å². The van der Waals surface area contributed by atoms with Gasteiger partial charge < -0.3 is 14.8 Å². The highest BCUT2D eigenvalue weighted by Crippen LogP contribution is 2.34. The Kier molecular flexibility index (Phi) is 11.5. The van der Waals surface area contributed by atoms with Crippen molar-refractivity contribution in [2.75, 3.05) is 32.8 Å². The van der Waals surface area contributed by atoms with Crippen LogP contribution in [0.15, 0.2) is 72.8 Å². The van der Waals surface area contributed by atoms with Crippen LogP contribution < -0.4 is 14.8 Å². The summed E-state index contributed by atoms with van der Waals surface area (Å²) in [4.78, 5) is 14.7. The van der Waals surface area contributed by atoms with Crippen LogP contribution in [0.2, 0.25) is 5.02 Å². The first-order chi connectivity index (χ1) is 19.5.